The first kappa shape index (κ1) is 12.4. The minimum absolute atomic E-state index is 0.711. The molecule has 2 aromatic rings. The van der Waals surface area contributed by atoms with Crippen LogP contribution in [0.25, 0.3) is 0 Å². The van der Waals surface area contributed by atoms with E-state index < -0.39 is 0 Å². The molecule has 0 radical (unpaired) electrons. The number of anilines is 1. The van der Waals surface area contributed by atoms with Crippen LogP contribution in [-0.4, -0.2) is 13.3 Å². The smallest absolute Gasteiger partial charge is 0.150 e. The Bertz CT molecular complexity index is 514. The zero-order valence-corrected chi connectivity index (χ0v) is 10.8. The first-order valence-corrected chi connectivity index (χ1v) is 6.01. The highest BCUT2D eigenvalue weighted by molar-refractivity contribution is 5.75. The van der Waals surface area contributed by atoms with Crippen LogP contribution >= 0.6 is 0 Å². The highest BCUT2D eigenvalue weighted by Gasteiger charge is 2.02. The molecule has 0 aromatic heterocycles. The zero-order chi connectivity index (χ0) is 13.0. The molecule has 0 aliphatic heterocycles. The van der Waals surface area contributed by atoms with Crippen LogP contribution < -0.4 is 4.90 Å². The minimum Gasteiger partial charge on any atom is -0.370 e. The summed E-state index contributed by atoms with van der Waals surface area (Å²) in [6.07, 6.45) is 0.865. The Morgan fingerprint density at radius 1 is 1.00 bits per heavy atom. The van der Waals surface area contributed by atoms with Crippen molar-refractivity contribution in [1.82, 2.24) is 0 Å². The number of carbonyl (C=O) groups is 1. The van der Waals surface area contributed by atoms with Crippen LogP contribution in [-0.2, 0) is 6.54 Å². The highest BCUT2D eigenvalue weighted by Crippen LogP contribution is 2.16. The number of aldehydes is 1. The Hall–Kier alpha value is -2.09. The average Bonchev–Trinajstić information content (AvgIpc) is 2.41. The average molecular weight is 239 g/mol. The topological polar surface area (TPSA) is 20.3 Å². The second-order valence-corrected chi connectivity index (χ2v) is 4.55. The van der Waals surface area contributed by atoms with E-state index in [0.717, 1.165) is 18.5 Å². The molecule has 2 heteroatoms. The van der Waals surface area contributed by atoms with Crippen molar-refractivity contribution in [2.45, 2.75) is 13.5 Å². The fourth-order valence-electron chi connectivity index (χ4n) is 1.87. The predicted molar refractivity (Wildman–Crippen MR) is 75.1 cm³/mol. The summed E-state index contributed by atoms with van der Waals surface area (Å²) in [6.45, 7) is 2.95. The largest absolute Gasteiger partial charge is 0.370 e. The third-order valence-electron chi connectivity index (χ3n) is 3.01. The monoisotopic (exact) mass is 239 g/mol. The van der Waals surface area contributed by atoms with Crippen molar-refractivity contribution in [3.63, 3.8) is 0 Å². The van der Waals surface area contributed by atoms with E-state index in [4.69, 9.17) is 0 Å². The summed E-state index contributed by atoms with van der Waals surface area (Å²) in [5.41, 5.74) is 4.38. The normalized spacial score (nSPS) is 10.1. The minimum atomic E-state index is 0.711. The number of hydrogen-bond acceptors (Lipinski definition) is 2. The maximum absolute atomic E-state index is 10.6. The summed E-state index contributed by atoms with van der Waals surface area (Å²) in [5, 5.41) is 0. The lowest BCUT2D eigenvalue weighted by Gasteiger charge is -2.19. The molecule has 2 aromatic carbocycles. The van der Waals surface area contributed by atoms with Crippen LogP contribution in [0, 0.1) is 6.92 Å². The van der Waals surface area contributed by atoms with E-state index in [2.05, 4.69) is 43.1 Å². The lowest BCUT2D eigenvalue weighted by molar-refractivity contribution is 0.112. The Labute approximate surface area is 108 Å². The molecule has 18 heavy (non-hydrogen) atoms. The molecule has 0 spiro atoms. The van der Waals surface area contributed by atoms with Crippen LogP contribution in [0.15, 0.2) is 48.5 Å². The summed E-state index contributed by atoms with van der Waals surface area (Å²) < 4.78 is 0. The molecule has 2 rings (SSSR count). The highest BCUT2D eigenvalue weighted by atomic mass is 16.1. The van der Waals surface area contributed by atoms with Crippen molar-refractivity contribution in [2.75, 3.05) is 11.9 Å². The van der Waals surface area contributed by atoms with Gasteiger partial charge in [0.05, 0.1) is 0 Å². The van der Waals surface area contributed by atoms with Crippen LogP contribution in [0.4, 0.5) is 5.69 Å². The molecule has 0 aliphatic rings. The van der Waals surface area contributed by atoms with Gasteiger partial charge in [-0.1, -0.05) is 29.8 Å². The Morgan fingerprint density at radius 3 is 2.17 bits per heavy atom. The fourth-order valence-corrected chi connectivity index (χ4v) is 1.87. The summed E-state index contributed by atoms with van der Waals surface area (Å²) in [7, 11) is 2.05. The molecule has 92 valence electrons. The second-order valence-electron chi connectivity index (χ2n) is 4.55. The number of hydrogen-bond donors (Lipinski definition) is 0. The van der Waals surface area contributed by atoms with Gasteiger partial charge in [-0.2, -0.15) is 0 Å². The van der Waals surface area contributed by atoms with Crippen LogP contribution in [0.1, 0.15) is 21.5 Å². The first-order valence-electron chi connectivity index (χ1n) is 6.01. The van der Waals surface area contributed by atoms with E-state index in [1.54, 1.807) is 0 Å². The van der Waals surface area contributed by atoms with Gasteiger partial charge < -0.3 is 4.90 Å². The van der Waals surface area contributed by atoms with Crippen LogP contribution in [0.3, 0.4) is 0 Å². The molecule has 0 bridgehead atoms. The van der Waals surface area contributed by atoms with Gasteiger partial charge in [0.15, 0.2) is 0 Å². The van der Waals surface area contributed by atoms with Gasteiger partial charge >= 0.3 is 0 Å². The van der Waals surface area contributed by atoms with E-state index in [9.17, 15) is 4.79 Å². The molecule has 0 heterocycles. The predicted octanol–water partition coefficient (Wildman–Crippen LogP) is 3.44. The van der Waals surface area contributed by atoms with Gasteiger partial charge in [0.1, 0.15) is 6.29 Å². The third kappa shape index (κ3) is 2.98. The number of benzene rings is 2. The van der Waals surface area contributed by atoms with Gasteiger partial charge in [-0.25, -0.2) is 0 Å². The van der Waals surface area contributed by atoms with Crippen molar-refractivity contribution >= 4 is 12.0 Å². The molecule has 0 N–H and O–H groups in total. The van der Waals surface area contributed by atoms with Crippen LogP contribution in [0.2, 0.25) is 0 Å². The Balaban J connectivity index is 2.08. The van der Waals surface area contributed by atoms with Crippen molar-refractivity contribution in [3.8, 4) is 0 Å². The molecule has 0 aliphatic carbocycles. The summed E-state index contributed by atoms with van der Waals surface area (Å²) >= 11 is 0. The van der Waals surface area contributed by atoms with Gasteiger partial charge in [-0.05, 0) is 36.8 Å². The van der Waals surface area contributed by atoms with Crippen molar-refractivity contribution in [2.24, 2.45) is 0 Å². The maximum Gasteiger partial charge on any atom is 0.150 e. The summed E-state index contributed by atoms with van der Waals surface area (Å²) in [5.74, 6) is 0. The first-order chi connectivity index (χ1) is 8.69. The number of rotatable bonds is 4. The van der Waals surface area contributed by atoms with E-state index in [1.165, 1.54) is 11.1 Å². The number of carbonyl (C=O) groups excluding carboxylic acids is 1. The molecule has 0 fully saturated rings. The zero-order valence-electron chi connectivity index (χ0n) is 10.8. The SMILES string of the molecule is Cc1ccc(CN(C)c2ccc(C=O)cc2)cc1. The maximum atomic E-state index is 10.6. The lowest BCUT2D eigenvalue weighted by Crippen LogP contribution is -2.16. The van der Waals surface area contributed by atoms with Gasteiger partial charge in [0.25, 0.3) is 0 Å². The van der Waals surface area contributed by atoms with E-state index in [1.807, 2.05) is 24.3 Å². The Kier molecular flexibility index (Phi) is 3.78. The summed E-state index contributed by atoms with van der Waals surface area (Å²) in [4.78, 5) is 12.8. The number of nitrogens with zero attached hydrogens (tertiary/aromatic N) is 1. The quantitative estimate of drug-likeness (QED) is 0.762. The molecule has 0 unspecified atom stereocenters. The number of aryl methyl sites for hydroxylation is 1. The van der Waals surface area contributed by atoms with Gasteiger partial charge in [-0.15, -0.1) is 0 Å². The molecule has 0 saturated carbocycles. The third-order valence-corrected chi connectivity index (χ3v) is 3.01. The van der Waals surface area contributed by atoms with E-state index >= 15 is 0 Å². The molecule has 0 amide bonds. The van der Waals surface area contributed by atoms with Gasteiger partial charge in [-0.3, -0.25) is 4.79 Å². The van der Waals surface area contributed by atoms with Crippen molar-refractivity contribution in [1.29, 1.82) is 0 Å². The van der Waals surface area contributed by atoms with Crippen molar-refractivity contribution in [3.05, 3.63) is 65.2 Å². The molecule has 0 atom stereocenters. The van der Waals surface area contributed by atoms with E-state index in [0.29, 0.717) is 5.56 Å². The van der Waals surface area contributed by atoms with Crippen molar-refractivity contribution < 1.29 is 4.79 Å². The molecule has 2 nitrogen and oxygen atoms in total. The van der Waals surface area contributed by atoms with Gasteiger partial charge in [0, 0.05) is 24.8 Å². The second kappa shape index (κ2) is 5.50. The van der Waals surface area contributed by atoms with Gasteiger partial charge in [0.2, 0.25) is 0 Å². The fraction of sp³-hybridized carbons (Fsp3) is 0.188. The molecular formula is C16H17NO. The lowest BCUT2D eigenvalue weighted by atomic mass is 10.1. The summed E-state index contributed by atoms with van der Waals surface area (Å²) in [6, 6.07) is 16.2. The molecule has 0 saturated heterocycles. The van der Waals surface area contributed by atoms with Crippen LogP contribution in [0.5, 0.6) is 0 Å². The standard InChI is InChI=1S/C16H17NO/c1-13-3-5-14(6-4-13)11-17(2)16-9-7-15(12-18)8-10-16/h3-10,12H,11H2,1-2H3. The molecular weight excluding hydrogens is 222 g/mol. The Morgan fingerprint density at radius 2 is 1.61 bits per heavy atom. The van der Waals surface area contributed by atoms with E-state index in [-0.39, 0.29) is 0 Å².